The monoisotopic (exact) mass is 259 g/mol. The molecule has 0 atom stereocenters. The highest BCUT2D eigenvalue weighted by Gasteiger charge is 2.05. The van der Waals surface area contributed by atoms with Crippen LogP contribution in [0.4, 0.5) is 5.82 Å². The SMILES string of the molecule is Cc1nonc1OCCNc1ccc2cc[nH]c2n1. The van der Waals surface area contributed by atoms with Gasteiger partial charge in [0.15, 0.2) is 0 Å². The van der Waals surface area contributed by atoms with Crippen molar-refractivity contribution in [2.75, 3.05) is 18.5 Å². The molecule has 7 heteroatoms. The molecule has 3 aromatic heterocycles. The summed E-state index contributed by atoms with van der Waals surface area (Å²) in [5.41, 5.74) is 1.51. The number of nitrogens with one attached hydrogen (secondary N) is 2. The fourth-order valence-electron chi connectivity index (χ4n) is 1.71. The highest BCUT2D eigenvalue weighted by atomic mass is 16.6. The number of fused-ring (bicyclic) bond motifs is 1. The third-order valence-corrected chi connectivity index (χ3v) is 2.67. The number of aromatic amines is 1. The lowest BCUT2D eigenvalue weighted by Gasteiger charge is -2.05. The van der Waals surface area contributed by atoms with Crippen molar-refractivity contribution < 1.29 is 9.37 Å². The fraction of sp³-hybridized carbons (Fsp3) is 0.250. The number of pyridine rings is 1. The summed E-state index contributed by atoms with van der Waals surface area (Å²) in [6.07, 6.45) is 1.87. The largest absolute Gasteiger partial charge is 0.472 e. The third-order valence-electron chi connectivity index (χ3n) is 2.67. The van der Waals surface area contributed by atoms with E-state index in [0.29, 0.717) is 24.7 Å². The summed E-state index contributed by atoms with van der Waals surface area (Å²) in [7, 11) is 0. The quantitative estimate of drug-likeness (QED) is 0.678. The number of anilines is 1. The Kier molecular flexibility index (Phi) is 3.01. The molecule has 2 N–H and O–H groups in total. The van der Waals surface area contributed by atoms with Crippen LogP contribution in [0.25, 0.3) is 11.0 Å². The van der Waals surface area contributed by atoms with Gasteiger partial charge < -0.3 is 15.0 Å². The topological polar surface area (TPSA) is 88.9 Å². The lowest BCUT2D eigenvalue weighted by molar-refractivity contribution is 0.261. The Morgan fingerprint density at radius 2 is 2.26 bits per heavy atom. The Labute approximate surface area is 108 Å². The van der Waals surface area contributed by atoms with Gasteiger partial charge in [0.05, 0.1) is 6.54 Å². The predicted octanol–water partition coefficient (Wildman–Crippen LogP) is 1.75. The molecule has 0 unspecified atom stereocenters. The lowest BCUT2D eigenvalue weighted by atomic mass is 10.3. The average Bonchev–Trinajstić information content (AvgIpc) is 3.03. The third kappa shape index (κ3) is 2.49. The summed E-state index contributed by atoms with van der Waals surface area (Å²) in [5, 5.41) is 11.5. The second-order valence-electron chi connectivity index (χ2n) is 4.04. The molecule has 0 aromatic carbocycles. The van der Waals surface area contributed by atoms with Crippen molar-refractivity contribution in [3.63, 3.8) is 0 Å². The number of H-pyrrole nitrogens is 1. The van der Waals surface area contributed by atoms with Gasteiger partial charge in [0, 0.05) is 11.6 Å². The summed E-state index contributed by atoms with van der Waals surface area (Å²) < 4.78 is 9.94. The fourth-order valence-corrected chi connectivity index (χ4v) is 1.71. The maximum atomic E-state index is 5.41. The molecule has 0 spiro atoms. The summed E-state index contributed by atoms with van der Waals surface area (Å²) in [5.74, 6) is 1.23. The average molecular weight is 259 g/mol. The van der Waals surface area contributed by atoms with E-state index in [-0.39, 0.29) is 0 Å². The van der Waals surface area contributed by atoms with Crippen molar-refractivity contribution in [3.8, 4) is 5.88 Å². The maximum Gasteiger partial charge on any atom is 0.278 e. The smallest absolute Gasteiger partial charge is 0.278 e. The Morgan fingerprint density at radius 3 is 3.11 bits per heavy atom. The summed E-state index contributed by atoms with van der Waals surface area (Å²) >= 11 is 0. The highest BCUT2D eigenvalue weighted by molar-refractivity contribution is 5.77. The molecule has 0 aliphatic heterocycles. The number of ether oxygens (including phenoxy) is 1. The minimum atomic E-state index is 0.426. The first-order valence-electron chi connectivity index (χ1n) is 5.93. The molecule has 0 fully saturated rings. The van der Waals surface area contributed by atoms with Crippen LogP contribution < -0.4 is 10.1 Å². The summed E-state index contributed by atoms with van der Waals surface area (Å²) in [4.78, 5) is 7.49. The van der Waals surface area contributed by atoms with Crippen molar-refractivity contribution in [2.24, 2.45) is 0 Å². The molecule has 0 saturated heterocycles. The molecule has 0 aliphatic rings. The van der Waals surface area contributed by atoms with Crippen molar-refractivity contribution in [1.29, 1.82) is 0 Å². The Balaban J connectivity index is 1.53. The first kappa shape index (κ1) is 11.5. The zero-order valence-electron chi connectivity index (χ0n) is 10.4. The van der Waals surface area contributed by atoms with E-state index in [2.05, 4.69) is 30.2 Å². The van der Waals surface area contributed by atoms with E-state index in [4.69, 9.17) is 4.74 Å². The molecule has 0 saturated carbocycles. The van der Waals surface area contributed by atoms with Crippen LogP contribution in [0.15, 0.2) is 29.0 Å². The molecule has 3 rings (SSSR count). The Morgan fingerprint density at radius 1 is 1.32 bits per heavy atom. The van der Waals surface area contributed by atoms with E-state index < -0.39 is 0 Å². The van der Waals surface area contributed by atoms with Gasteiger partial charge in [-0.1, -0.05) is 5.16 Å². The molecule has 19 heavy (non-hydrogen) atoms. The number of nitrogens with zero attached hydrogens (tertiary/aromatic N) is 3. The van der Waals surface area contributed by atoms with Crippen LogP contribution in [0.5, 0.6) is 5.88 Å². The minimum absolute atomic E-state index is 0.426. The van der Waals surface area contributed by atoms with Crippen LogP contribution in [0.3, 0.4) is 0 Å². The molecule has 98 valence electrons. The number of hydrogen-bond donors (Lipinski definition) is 2. The van der Waals surface area contributed by atoms with E-state index in [1.54, 1.807) is 6.92 Å². The van der Waals surface area contributed by atoms with Gasteiger partial charge in [0.25, 0.3) is 5.88 Å². The summed E-state index contributed by atoms with van der Waals surface area (Å²) in [6.45, 7) is 2.85. The van der Waals surface area contributed by atoms with E-state index in [0.717, 1.165) is 16.9 Å². The van der Waals surface area contributed by atoms with Gasteiger partial charge in [0.2, 0.25) is 0 Å². The van der Waals surface area contributed by atoms with Crippen LogP contribution in [-0.2, 0) is 0 Å². The molecule has 7 nitrogen and oxygen atoms in total. The Bertz CT molecular complexity index is 675. The van der Waals surface area contributed by atoms with Crippen LogP contribution in [0.1, 0.15) is 5.69 Å². The molecule has 3 heterocycles. The zero-order chi connectivity index (χ0) is 13.1. The number of aryl methyl sites for hydroxylation is 1. The summed E-state index contributed by atoms with van der Waals surface area (Å²) in [6, 6.07) is 5.92. The van der Waals surface area contributed by atoms with Crippen molar-refractivity contribution in [2.45, 2.75) is 6.92 Å². The normalized spacial score (nSPS) is 10.8. The van der Waals surface area contributed by atoms with Crippen molar-refractivity contribution >= 4 is 16.9 Å². The van der Waals surface area contributed by atoms with Crippen molar-refractivity contribution in [3.05, 3.63) is 30.1 Å². The zero-order valence-corrected chi connectivity index (χ0v) is 10.4. The molecule has 0 bridgehead atoms. The van der Waals surface area contributed by atoms with Crippen molar-refractivity contribution in [1.82, 2.24) is 20.3 Å². The molecule has 0 amide bonds. The second-order valence-corrected chi connectivity index (χ2v) is 4.04. The first-order valence-corrected chi connectivity index (χ1v) is 5.93. The molecule has 0 radical (unpaired) electrons. The van der Waals surface area contributed by atoms with E-state index in [1.807, 2.05) is 24.4 Å². The van der Waals surface area contributed by atoms with Gasteiger partial charge in [-0.15, -0.1) is 0 Å². The van der Waals surface area contributed by atoms with Gasteiger partial charge in [-0.3, -0.25) is 0 Å². The Hall–Kier alpha value is -2.57. The van der Waals surface area contributed by atoms with Gasteiger partial charge in [-0.2, -0.15) is 0 Å². The molecule has 3 aromatic rings. The van der Waals surface area contributed by atoms with Gasteiger partial charge in [-0.05, 0) is 30.3 Å². The highest BCUT2D eigenvalue weighted by Crippen LogP contribution is 2.13. The first-order chi connectivity index (χ1) is 9.33. The van der Waals surface area contributed by atoms with Gasteiger partial charge in [-0.25, -0.2) is 9.61 Å². The predicted molar refractivity (Wildman–Crippen MR) is 69.1 cm³/mol. The second kappa shape index (κ2) is 4.97. The van der Waals surface area contributed by atoms with Gasteiger partial charge >= 0.3 is 0 Å². The van der Waals surface area contributed by atoms with E-state index in [9.17, 15) is 0 Å². The lowest BCUT2D eigenvalue weighted by Crippen LogP contribution is -2.12. The van der Waals surface area contributed by atoms with Crippen LogP contribution in [-0.4, -0.2) is 33.4 Å². The van der Waals surface area contributed by atoms with E-state index in [1.165, 1.54) is 0 Å². The molecule has 0 aliphatic carbocycles. The van der Waals surface area contributed by atoms with Crippen LogP contribution >= 0.6 is 0 Å². The van der Waals surface area contributed by atoms with E-state index >= 15 is 0 Å². The standard InChI is InChI=1S/C12H13N5O2/c1-8-12(17-19-16-8)18-7-6-13-10-3-2-9-4-5-14-11(9)15-10/h2-5H,6-7H2,1H3,(H2,13,14,15). The van der Waals surface area contributed by atoms with Gasteiger partial charge in [0.1, 0.15) is 23.8 Å². The van der Waals surface area contributed by atoms with Crippen LogP contribution in [0, 0.1) is 6.92 Å². The van der Waals surface area contributed by atoms with Crippen LogP contribution in [0.2, 0.25) is 0 Å². The number of hydrogen-bond acceptors (Lipinski definition) is 6. The molecular weight excluding hydrogens is 246 g/mol. The number of rotatable bonds is 5. The molecular formula is C12H13N5O2. The maximum absolute atomic E-state index is 5.41. The number of aromatic nitrogens is 4. The minimum Gasteiger partial charge on any atom is -0.472 e.